The van der Waals surface area contributed by atoms with Crippen LogP contribution in [-0.4, -0.2) is 30.6 Å². The molecular formula is C28H20FN7O2. The Hall–Kier alpha value is -5.38. The maximum atomic E-state index is 13.6. The lowest BCUT2D eigenvalue weighted by atomic mass is 10.1. The quantitative estimate of drug-likeness (QED) is 0.268. The zero-order valence-electron chi connectivity index (χ0n) is 19.9. The number of nitrogens with zero attached hydrogens (tertiary/aromatic N) is 5. The standard InChI is InChI=1S/C28H20FN7O2/c1-2-26(37)35-28-34-24(15-38-28)18-6-8-23-22(12-18)27(31-16-30-23)33-21-7-9-25-19(11-21)13-32-36(25)14-17-4-3-5-20(29)10-17/h2-13,15-16H,1,14H2,(H,30,31,33)(H,34,35,37). The summed E-state index contributed by atoms with van der Waals surface area (Å²) in [6, 6.07) is 18.1. The smallest absolute Gasteiger partial charge is 0.302 e. The lowest BCUT2D eigenvalue weighted by molar-refractivity contribution is -0.112. The van der Waals surface area contributed by atoms with E-state index in [2.05, 4.69) is 37.3 Å². The number of benzene rings is 3. The highest BCUT2D eigenvalue weighted by Crippen LogP contribution is 2.30. The van der Waals surface area contributed by atoms with Gasteiger partial charge in [-0.05, 0) is 54.1 Å². The van der Waals surface area contributed by atoms with Crippen molar-refractivity contribution in [3.8, 4) is 11.3 Å². The maximum absolute atomic E-state index is 13.6. The van der Waals surface area contributed by atoms with Gasteiger partial charge in [0.1, 0.15) is 29.9 Å². The Bertz CT molecular complexity index is 1830. The van der Waals surface area contributed by atoms with Gasteiger partial charge in [-0.3, -0.25) is 14.8 Å². The first-order chi connectivity index (χ1) is 18.6. The number of amides is 1. The molecule has 0 bridgehead atoms. The molecule has 6 rings (SSSR count). The van der Waals surface area contributed by atoms with Gasteiger partial charge in [-0.15, -0.1) is 0 Å². The highest BCUT2D eigenvalue weighted by atomic mass is 19.1. The molecule has 0 aliphatic rings. The van der Waals surface area contributed by atoms with E-state index >= 15 is 0 Å². The third-order valence-corrected chi connectivity index (χ3v) is 5.98. The van der Waals surface area contributed by atoms with Crippen molar-refractivity contribution in [2.24, 2.45) is 0 Å². The number of halogens is 1. The first-order valence-corrected chi connectivity index (χ1v) is 11.7. The summed E-state index contributed by atoms with van der Waals surface area (Å²) in [7, 11) is 0. The predicted molar refractivity (Wildman–Crippen MR) is 142 cm³/mol. The van der Waals surface area contributed by atoms with Gasteiger partial charge >= 0.3 is 6.01 Å². The monoisotopic (exact) mass is 505 g/mol. The molecule has 0 aliphatic carbocycles. The zero-order chi connectivity index (χ0) is 26.1. The van der Waals surface area contributed by atoms with Crippen molar-refractivity contribution in [1.82, 2.24) is 24.7 Å². The zero-order valence-corrected chi connectivity index (χ0v) is 19.9. The van der Waals surface area contributed by atoms with Crippen LogP contribution in [0.1, 0.15) is 5.56 Å². The number of hydrogen-bond acceptors (Lipinski definition) is 7. The Morgan fingerprint density at radius 1 is 1.11 bits per heavy atom. The second kappa shape index (κ2) is 9.58. The van der Waals surface area contributed by atoms with E-state index < -0.39 is 5.91 Å². The van der Waals surface area contributed by atoms with Gasteiger partial charge < -0.3 is 9.73 Å². The molecule has 0 fully saturated rings. The Labute approximate surface area is 215 Å². The number of oxazole rings is 1. The van der Waals surface area contributed by atoms with Gasteiger partial charge in [0.15, 0.2) is 0 Å². The molecule has 10 heteroatoms. The van der Waals surface area contributed by atoms with E-state index in [1.165, 1.54) is 24.7 Å². The Morgan fingerprint density at radius 3 is 2.89 bits per heavy atom. The summed E-state index contributed by atoms with van der Waals surface area (Å²) < 4.78 is 20.8. The van der Waals surface area contributed by atoms with Crippen molar-refractivity contribution in [3.05, 3.63) is 103 Å². The van der Waals surface area contributed by atoms with Crippen LogP contribution in [-0.2, 0) is 11.3 Å². The molecule has 0 aliphatic heterocycles. The molecule has 1 amide bonds. The second-order valence-corrected chi connectivity index (χ2v) is 8.52. The van der Waals surface area contributed by atoms with Gasteiger partial charge in [-0.1, -0.05) is 24.8 Å². The minimum absolute atomic E-state index is 0.0823. The highest BCUT2D eigenvalue weighted by Gasteiger charge is 2.12. The molecule has 2 N–H and O–H groups in total. The fraction of sp³-hybridized carbons (Fsp3) is 0.0357. The van der Waals surface area contributed by atoms with Crippen LogP contribution in [0.3, 0.4) is 0 Å². The number of aromatic nitrogens is 5. The number of fused-ring (bicyclic) bond motifs is 2. The van der Waals surface area contributed by atoms with Gasteiger partial charge in [0, 0.05) is 22.0 Å². The van der Waals surface area contributed by atoms with E-state index in [9.17, 15) is 9.18 Å². The predicted octanol–water partition coefficient (Wildman–Crippen LogP) is 5.69. The van der Waals surface area contributed by atoms with Crippen LogP contribution in [0.4, 0.5) is 21.9 Å². The summed E-state index contributed by atoms with van der Waals surface area (Å²) in [6.07, 6.45) is 5.89. The molecule has 186 valence electrons. The molecule has 0 radical (unpaired) electrons. The van der Waals surface area contributed by atoms with Crippen molar-refractivity contribution in [2.45, 2.75) is 6.54 Å². The van der Waals surface area contributed by atoms with Crippen LogP contribution in [0.2, 0.25) is 0 Å². The van der Waals surface area contributed by atoms with E-state index in [1.807, 2.05) is 47.1 Å². The normalized spacial score (nSPS) is 11.1. The van der Waals surface area contributed by atoms with Gasteiger partial charge in [0.05, 0.1) is 23.8 Å². The van der Waals surface area contributed by atoms with Gasteiger partial charge in [-0.25, -0.2) is 14.4 Å². The van der Waals surface area contributed by atoms with E-state index in [1.54, 1.807) is 12.3 Å². The number of anilines is 3. The van der Waals surface area contributed by atoms with E-state index in [0.717, 1.165) is 44.7 Å². The largest absolute Gasteiger partial charge is 0.431 e. The molecule has 3 aromatic heterocycles. The fourth-order valence-electron chi connectivity index (χ4n) is 4.17. The average molecular weight is 506 g/mol. The van der Waals surface area contributed by atoms with Crippen LogP contribution in [0, 0.1) is 5.82 Å². The van der Waals surface area contributed by atoms with Crippen molar-refractivity contribution in [3.63, 3.8) is 0 Å². The molecule has 0 saturated carbocycles. The SMILES string of the molecule is C=CC(=O)Nc1nc(-c2ccc3ncnc(Nc4ccc5c(cnn5Cc5cccc(F)c5)c4)c3c2)co1. The van der Waals surface area contributed by atoms with Gasteiger partial charge in [0.2, 0.25) is 0 Å². The van der Waals surface area contributed by atoms with Crippen LogP contribution in [0.15, 0.2) is 96.5 Å². The molecule has 0 atom stereocenters. The average Bonchev–Trinajstić information content (AvgIpc) is 3.55. The van der Waals surface area contributed by atoms with Crippen molar-refractivity contribution in [1.29, 1.82) is 0 Å². The van der Waals surface area contributed by atoms with E-state index in [4.69, 9.17) is 4.42 Å². The van der Waals surface area contributed by atoms with Crippen molar-refractivity contribution >= 4 is 45.2 Å². The van der Waals surface area contributed by atoms with Crippen LogP contribution in [0.25, 0.3) is 33.1 Å². The number of carbonyl (C=O) groups excluding carboxylic acids is 1. The molecule has 38 heavy (non-hydrogen) atoms. The number of nitrogens with one attached hydrogen (secondary N) is 2. The number of rotatable bonds is 7. The maximum Gasteiger partial charge on any atom is 0.302 e. The first kappa shape index (κ1) is 23.0. The Kier molecular flexibility index (Phi) is 5.81. The Balaban J connectivity index is 1.28. The summed E-state index contributed by atoms with van der Waals surface area (Å²) in [5.41, 5.74) is 4.66. The number of hydrogen-bond donors (Lipinski definition) is 2. The van der Waals surface area contributed by atoms with Gasteiger partial charge in [-0.2, -0.15) is 10.1 Å². The molecule has 3 heterocycles. The fourth-order valence-corrected chi connectivity index (χ4v) is 4.17. The van der Waals surface area contributed by atoms with Gasteiger partial charge in [0.25, 0.3) is 5.91 Å². The van der Waals surface area contributed by atoms with Crippen LogP contribution >= 0.6 is 0 Å². The lowest BCUT2D eigenvalue weighted by Crippen LogP contribution is -2.07. The van der Waals surface area contributed by atoms with Crippen molar-refractivity contribution in [2.75, 3.05) is 10.6 Å². The van der Waals surface area contributed by atoms with Crippen molar-refractivity contribution < 1.29 is 13.6 Å². The summed E-state index contributed by atoms with van der Waals surface area (Å²) >= 11 is 0. The van der Waals surface area contributed by atoms with Crippen LogP contribution < -0.4 is 10.6 Å². The topological polar surface area (TPSA) is 111 Å². The molecule has 0 unspecified atom stereocenters. The second-order valence-electron chi connectivity index (χ2n) is 8.52. The van der Waals surface area contributed by atoms with E-state index in [0.29, 0.717) is 18.1 Å². The first-order valence-electron chi connectivity index (χ1n) is 11.7. The van der Waals surface area contributed by atoms with Crippen LogP contribution in [0.5, 0.6) is 0 Å². The summed E-state index contributed by atoms with van der Waals surface area (Å²) in [5, 5.41) is 12.1. The highest BCUT2D eigenvalue weighted by molar-refractivity contribution is 5.98. The summed E-state index contributed by atoms with van der Waals surface area (Å²) in [6.45, 7) is 3.88. The molecule has 0 spiro atoms. The summed E-state index contributed by atoms with van der Waals surface area (Å²) in [5.74, 6) is -0.0607. The third kappa shape index (κ3) is 4.58. The minimum atomic E-state index is -0.409. The Morgan fingerprint density at radius 2 is 2.03 bits per heavy atom. The van der Waals surface area contributed by atoms with E-state index in [-0.39, 0.29) is 11.8 Å². The minimum Gasteiger partial charge on any atom is -0.431 e. The molecule has 3 aromatic carbocycles. The lowest BCUT2D eigenvalue weighted by Gasteiger charge is -2.10. The molecule has 6 aromatic rings. The molecular weight excluding hydrogens is 485 g/mol. The number of carbonyl (C=O) groups is 1. The molecule has 9 nitrogen and oxygen atoms in total. The molecule has 0 saturated heterocycles. The summed E-state index contributed by atoms with van der Waals surface area (Å²) in [4.78, 5) is 24.7. The third-order valence-electron chi connectivity index (χ3n) is 5.98.